The molecule has 8 heteroatoms. The van der Waals surface area contributed by atoms with Crippen LogP contribution in [-0.4, -0.2) is 34.8 Å². The van der Waals surface area contributed by atoms with E-state index in [2.05, 4.69) is 44.3 Å². The average Bonchev–Trinajstić information content (AvgIpc) is 3.06. The maximum atomic E-state index is 4.76. The smallest absolute Gasteiger partial charge is 0.202 e. The fourth-order valence-corrected chi connectivity index (χ4v) is 4.76. The highest BCUT2D eigenvalue weighted by atomic mass is 32.1. The van der Waals surface area contributed by atoms with Crippen LogP contribution < -0.4 is 0 Å². The van der Waals surface area contributed by atoms with Gasteiger partial charge in [0.05, 0.1) is 5.52 Å². The summed E-state index contributed by atoms with van der Waals surface area (Å²) in [6.07, 6.45) is 4.20. The molecule has 5 aromatic rings. The summed E-state index contributed by atoms with van der Waals surface area (Å²) in [4.78, 5) is 15.1. The Hall–Kier alpha value is -2.87. The van der Waals surface area contributed by atoms with Crippen molar-refractivity contribution in [1.82, 2.24) is 34.8 Å². The maximum Gasteiger partial charge on any atom is 0.202 e. The van der Waals surface area contributed by atoms with Crippen LogP contribution in [0.2, 0.25) is 0 Å². The van der Waals surface area contributed by atoms with Gasteiger partial charge in [-0.05, 0) is 44.4 Å². The Labute approximate surface area is 152 Å². The summed E-state index contributed by atoms with van der Waals surface area (Å²) in [7, 11) is 0. The molecule has 1 fully saturated rings. The van der Waals surface area contributed by atoms with Gasteiger partial charge in [-0.1, -0.05) is 0 Å². The molecule has 0 unspecified atom stereocenters. The highest BCUT2D eigenvalue weighted by Crippen LogP contribution is 2.40. The molecule has 6 rings (SSSR count). The van der Waals surface area contributed by atoms with E-state index in [1.54, 1.807) is 22.2 Å². The SMILES string of the molecule is Cc1cc(C)c2c(n1)sc1c2ncn2nc(-c3cc(C4CC4)[nH]n3)nc12. The zero-order chi connectivity index (χ0) is 17.4. The van der Waals surface area contributed by atoms with Crippen LogP contribution in [0.5, 0.6) is 0 Å². The molecule has 0 spiro atoms. The molecule has 5 aromatic heterocycles. The molecule has 0 radical (unpaired) electrons. The molecule has 1 aliphatic rings. The molecule has 0 bridgehead atoms. The molecule has 1 aliphatic carbocycles. The second kappa shape index (κ2) is 4.85. The van der Waals surface area contributed by atoms with Gasteiger partial charge in [0.15, 0.2) is 5.65 Å². The van der Waals surface area contributed by atoms with Crippen LogP contribution in [0.3, 0.4) is 0 Å². The Morgan fingerprint density at radius 2 is 2.08 bits per heavy atom. The van der Waals surface area contributed by atoms with E-state index in [0.29, 0.717) is 11.7 Å². The monoisotopic (exact) mass is 361 g/mol. The average molecular weight is 361 g/mol. The Balaban J connectivity index is 1.60. The van der Waals surface area contributed by atoms with Crippen LogP contribution in [-0.2, 0) is 0 Å². The van der Waals surface area contributed by atoms with Crippen molar-refractivity contribution in [3.8, 4) is 11.5 Å². The van der Waals surface area contributed by atoms with Gasteiger partial charge in [0.2, 0.25) is 5.82 Å². The lowest BCUT2D eigenvalue weighted by Gasteiger charge is -1.98. The minimum atomic E-state index is 0.626. The molecule has 1 N–H and O–H groups in total. The Bertz CT molecular complexity index is 1320. The molecule has 1 saturated carbocycles. The third-order valence-corrected chi connectivity index (χ3v) is 6.01. The second-order valence-corrected chi connectivity index (χ2v) is 7.97. The van der Waals surface area contributed by atoms with Gasteiger partial charge >= 0.3 is 0 Å². The summed E-state index contributed by atoms with van der Waals surface area (Å²) in [6, 6.07) is 4.16. The molecular formula is C18H15N7S. The predicted octanol–water partition coefficient (Wildman–Crippen LogP) is 3.77. The third kappa shape index (κ3) is 1.96. The van der Waals surface area contributed by atoms with Crippen LogP contribution in [0.25, 0.3) is 37.6 Å². The Morgan fingerprint density at radius 1 is 1.19 bits per heavy atom. The standard InChI is InChI=1S/C18H15N7S/c1-8-5-9(2)20-18-13(8)14-15(26-18)17-21-16(24-25(17)7-19-14)12-6-11(22-23-12)10-3-4-10/h5-7,10H,3-4H2,1-2H3,(H,22,23). The molecule has 0 amide bonds. The minimum absolute atomic E-state index is 0.626. The normalized spacial score (nSPS) is 14.8. The zero-order valence-electron chi connectivity index (χ0n) is 14.3. The van der Waals surface area contributed by atoms with Crippen molar-refractivity contribution in [3.63, 3.8) is 0 Å². The predicted molar refractivity (Wildman–Crippen MR) is 100 cm³/mol. The van der Waals surface area contributed by atoms with E-state index in [4.69, 9.17) is 4.98 Å². The largest absolute Gasteiger partial charge is 0.282 e. The Kier molecular flexibility index (Phi) is 2.67. The van der Waals surface area contributed by atoms with E-state index in [1.807, 2.05) is 6.92 Å². The van der Waals surface area contributed by atoms with E-state index in [9.17, 15) is 0 Å². The molecule has 5 heterocycles. The lowest BCUT2D eigenvalue weighted by Crippen LogP contribution is -1.90. The Morgan fingerprint density at radius 3 is 2.92 bits per heavy atom. The first-order valence-corrected chi connectivity index (χ1v) is 9.46. The number of H-pyrrole nitrogens is 1. The fraction of sp³-hybridized carbons (Fsp3) is 0.278. The maximum absolute atomic E-state index is 4.76. The van der Waals surface area contributed by atoms with E-state index >= 15 is 0 Å². The lowest BCUT2D eigenvalue weighted by atomic mass is 10.1. The summed E-state index contributed by atoms with van der Waals surface area (Å²) in [5.74, 6) is 1.25. The van der Waals surface area contributed by atoms with Crippen LogP contribution >= 0.6 is 11.3 Å². The minimum Gasteiger partial charge on any atom is -0.282 e. The van der Waals surface area contributed by atoms with Crippen molar-refractivity contribution in [2.75, 3.05) is 0 Å². The number of thiophene rings is 1. The van der Waals surface area contributed by atoms with Crippen LogP contribution in [0.4, 0.5) is 0 Å². The van der Waals surface area contributed by atoms with Gasteiger partial charge in [0, 0.05) is 22.7 Å². The first-order chi connectivity index (χ1) is 12.7. The van der Waals surface area contributed by atoms with E-state index in [-0.39, 0.29) is 0 Å². The molecule has 26 heavy (non-hydrogen) atoms. The summed E-state index contributed by atoms with van der Waals surface area (Å²) in [5, 5.41) is 13.2. The number of aryl methyl sites for hydroxylation is 2. The van der Waals surface area contributed by atoms with Gasteiger partial charge in [-0.15, -0.1) is 16.4 Å². The van der Waals surface area contributed by atoms with Crippen molar-refractivity contribution >= 4 is 37.4 Å². The van der Waals surface area contributed by atoms with Crippen molar-refractivity contribution in [3.05, 3.63) is 35.4 Å². The topological polar surface area (TPSA) is 84.6 Å². The number of nitrogens with zero attached hydrogens (tertiary/aromatic N) is 6. The number of fused-ring (bicyclic) bond motifs is 5. The summed E-state index contributed by atoms with van der Waals surface area (Å²) in [5.41, 5.74) is 5.93. The highest BCUT2D eigenvalue weighted by molar-refractivity contribution is 7.26. The van der Waals surface area contributed by atoms with Crippen molar-refractivity contribution in [1.29, 1.82) is 0 Å². The van der Waals surface area contributed by atoms with Crippen LogP contribution in [0.15, 0.2) is 18.5 Å². The number of aromatic amines is 1. The first-order valence-electron chi connectivity index (χ1n) is 8.65. The molecular weight excluding hydrogens is 346 g/mol. The lowest BCUT2D eigenvalue weighted by molar-refractivity contribution is 0.931. The van der Waals surface area contributed by atoms with Crippen LogP contribution in [0, 0.1) is 13.8 Å². The summed E-state index contributed by atoms with van der Waals surface area (Å²) >= 11 is 1.62. The van der Waals surface area contributed by atoms with Crippen molar-refractivity contribution in [2.45, 2.75) is 32.6 Å². The third-order valence-electron chi connectivity index (χ3n) is 4.94. The van der Waals surface area contributed by atoms with E-state index in [1.165, 1.54) is 24.1 Å². The number of hydrogen-bond donors (Lipinski definition) is 1. The van der Waals surface area contributed by atoms with Crippen molar-refractivity contribution < 1.29 is 0 Å². The van der Waals surface area contributed by atoms with Crippen LogP contribution in [0.1, 0.15) is 35.7 Å². The number of aromatic nitrogens is 7. The van der Waals surface area contributed by atoms with Gasteiger partial charge < -0.3 is 0 Å². The molecule has 7 nitrogen and oxygen atoms in total. The highest BCUT2D eigenvalue weighted by Gasteiger charge is 2.26. The molecule has 0 saturated heterocycles. The summed E-state index contributed by atoms with van der Waals surface area (Å²) in [6.45, 7) is 4.12. The molecule has 0 aliphatic heterocycles. The number of pyridine rings is 1. The molecule has 0 atom stereocenters. The molecule has 128 valence electrons. The zero-order valence-corrected chi connectivity index (χ0v) is 15.1. The van der Waals surface area contributed by atoms with Gasteiger partial charge in [-0.3, -0.25) is 5.10 Å². The number of rotatable bonds is 2. The second-order valence-electron chi connectivity index (χ2n) is 6.97. The molecule has 0 aromatic carbocycles. The van der Waals surface area contributed by atoms with Gasteiger partial charge in [0.1, 0.15) is 21.6 Å². The number of hydrogen-bond acceptors (Lipinski definition) is 6. The first kappa shape index (κ1) is 14.3. The van der Waals surface area contributed by atoms with Crippen molar-refractivity contribution in [2.24, 2.45) is 0 Å². The van der Waals surface area contributed by atoms with Gasteiger partial charge in [-0.2, -0.15) is 5.10 Å². The van der Waals surface area contributed by atoms with Gasteiger partial charge in [0.25, 0.3) is 0 Å². The fourth-order valence-electron chi connectivity index (χ4n) is 3.53. The van der Waals surface area contributed by atoms with E-state index in [0.717, 1.165) is 37.5 Å². The quantitative estimate of drug-likeness (QED) is 0.517. The van der Waals surface area contributed by atoms with Gasteiger partial charge in [-0.25, -0.2) is 19.5 Å². The summed E-state index contributed by atoms with van der Waals surface area (Å²) < 4.78 is 2.75. The van der Waals surface area contributed by atoms with E-state index < -0.39 is 0 Å². The number of nitrogens with one attached hydrogen (secondary N) is 1.